The van der Waals surface area contributed by atoms with Gasteiger partial charge in [0.2, 0.25) is 11.8 Å². The van der Waals surface area contributed by atoms with Gasteiger partial charge >= 0.3 is 0 Å². The number of anilines is 1. The Bertz CT molecular complexity index is 1390. The summed E-state index contributed by atoms with van der Waals surface area (Å²) >= 11 is 0. The zero-order valence-corrected chi connectivity index (χ0v) is 25.1. The molecule has 3 aromatic rings. The summed E-state index contributed by atoms with van der Waals surface area (Å²) in [5, 5.41) is 2.93. The zero-order chi connectivity index (χ0) is 30.0. The van der Waals surface area contributed by atoms with Crippen LogP contribution in [0.4, 0.5) is 5.69 Å². The predicted octanol–water partition coefficient (Wildman–Crippen LogP) is 4.48. The lowest BCUT2D eigenvalue weighted by Gasteiger charge is -2.33. The van der Waals surface area contributed by atoms with Crippen LogP contribution >= 0.6 is 0 Å². The Morgan fingerprint density at radius 3 is 2.12 bits per heavy atom. The molecule has 0 aliphatic rings. The van der Waals surface area contributed by atoms with Crippen molar-refractivity contribution in [2.75, 3.05) is 31.6 Å². The summed E-state index contributed by atoms with van der Waals surface area (Å²) < 4.78 is 39.4. The molecule has 0 heterocycles. The largest absolute Gasteiger partial charge is 0.497 e. The molecule has 0 aliphatic carbocycles. The fourth-order valence-electron chi connectivity index (χ4n) is 4.31. The van der Waals surface area contributed by atoms with E-state index in [1.807, 2.05) is 26.8 Å². The molecule has 0 aliphatic heterocycles. The number of hydrogen-bond donors (Lipinski definition) is 1. The van der Waals surface area contributed by atoms with E-state index >= 15 is 0 Å². The fourth-order valence-corrected chi connectivity index (χ4v) is 5.74. The van der Waals surface area contributed by atoms with Crippen LogP contribution in [-0.4, -0.2) is 58.5 Å². The maximum Gasteiger partial charge on any atom is 0.264 e. The average molecular weight is 582 g/mol. The van der Waals surface area contributed by atoms with Crippen LogP contribution in [0.5, 0.6) is 11.5 Å². The normalized spacial score (nSPS) is 12.0. The molecule has 1 atom stereocenters. The Labute approximate surface area is 243 Å². The minimum absolute atomic E-state index is 0.0460. The van der Waals surface area contributed by atoms with Crippen LogP contribution in [0.25, 0.3) is 0 Å². The quantitative estimate of drug-likeness (QED) is 0.301. The number of carbonyl (C=O) groups excluding carboxylic acids is 2. The predicted molar refractivity (Wildman–Crippen MR) is 159 cm³/mol. The summed E-state index contributed by atoms with van der Waals surface area (Å²) in [5.41, 5.74) is 1.04. The van der Waals surface area contributed by atoms with Crippen molar-refractivity contribution in [1.29, 1.82) is 0 Å². The molecular formula is C31H39N3O6S. The molecule has 0 fully saturated rings. The van der Waals surface area contributed by atoms with Gasteiger partial charge in [-0.05, 0) is 66.4 Å². The number of nitrogens with one attached hydrogen (secondary N) is 1. The van der Waals surface area contributed by atoms with Crippen LogP contribution in [0.1, 0.15) is 32.8 Å². The van der Waals surface area contributed by atoms with Crippen LogP contribution in [-0.2, 0) is 26.2 Å². The standard InChI is InChI=1S/C31H39N3O6S/c1-6-29(31(36)32-20-23(2)3)33(21-24-11-10-12-27(19-24)40-5)30(35)22-34(25-15-17-26(39-4)18-16-25)41(37,38)28-13-8-7-9-14-28/h7-19,23,29H,6,20-22H2,1-5H3,(H,32,36)/t29-/m1/s1. The van der Waals surface area contributed by atoms with E-state index in [1.54, 1.807) is 67.8 Å². The number of benzene rings is 3. The van der Waals surface area contributed by atoms with Gasteiger partial charge in [-0.1, -0.05) is 51.1 Å². The first-order chi connectivity index (χ1) is 19.6. The van der Waals surface area contributed by atoms with Gasteiger partial charge in [-0.2, -0.15) is 0 Å². The highest BCUT2D eigenvalue weighted by atomic mass is 32.2. The molecule has 0 unspecified atom stereocenters. The second kappa shape index (κ2) is 14.5. The first-order valence-corrected chi connectivity index (χ1v) is 15.0. The lowest BCUT2D eigenvalue weighted by molar-refractivity contribution is -0.140. The van der Waals surface area contributed by atoms with E-state index in [0.717, 1.165) is 9.87 Å². The first kappa shape index (κ1) is 31.5. The van der Waals surface area contributed by atoms with Crippen molar-refractivity contribution >= 4 is 27.5 Å². The summed E-state index contributed by atoms with van der Waals surface area (Å²) in [7, 11) is -1.07. The molecule has 1 N–H and O–H groups in total. The second-order valence-corrected chi connectivity index (χ2v) is 11.8. The molecule has 10 heteroatoms. The Balaban J connectivity index is 2.05. The lowest BCUT2D eigenvalue weighted by atomic mass is 10.1. The van der Waals surface area contributed by atoms with E-state index in [-0.39, 0.29) is 23.3 Å². The molecule has 9 nitrogen and oxygen atoms in total. The van der Waals surface area contributed by atoms with Crippen molar-refractivity contribution < 1.29 is 27.5 Å². The van der Waals surface area contributed by atoms with Gasteiger partial charge in [-0.3, -0.25) is 13.9 Å². The molecule has 220 valence electrons. The summed E-state index contributed by atoms with van der Waals surface area (Å²) in [6.45, 7) is 5.83. The van der Waals surface area contributed by atoms with Crippen molar-refractivity contribution in [1.82, 2.24) is 10.2 Å². The Morgan fingerprint density at radius 2 is 1.54 bits per heavy atom. The third-order valence-electron chi connectivity index (χ3n) is 6.53. The Morgan fingerprint density at radius 1 is 0.878 bits per heavy atom. The summed E-state index contributed by atoms with van der Waals surface area (Å²) in [6, 6.07) is 20.8. The minimum atomic E-state index is -4.14. The van der Waals surface area contributed by atoms with Gasteiger partial charge in [0.05, 0.1) is 24.8 Å². The van der Waals surface area contributed by atoms with Gasteiger partial charge in [0.1, 0.15) is 24.1 Å². The highest BCUT2D eigenvalue weighted by Crippen LogP contribution is 2.27. The SMILES string of the molecule is CC[C@H](C(=O)NCC(C)C)N(Cc1cccc(OC)c1)C(=O)CN(c1ccc(OC)cc1)S(=O)(=O)c1ccccc1. The summed E-state index contributed by atoms with van der Waals surface area (Å²) in [5.74, 6) is 0.568. The number of nitrogens with zero attached hydrogens (tertiary/aromatic N) is 2. The molecule has 0 bridgehead atoms. The molecule has 0 saturated heterocycles. The summed E-state index contributed by atoms with van der Waals surface area (Å²) in [6.07, 6.45) is 0.341. The molecule has 0 radical (unpaired) electrons. The van der Waals surface area contributed by atoms with Crippen molar-refractivity contribution in [3.63, 3.8) is 0 Å². The van der Waals surface area contributed by atoms with E-state index in [2.05, 4.69) is 5.32 Å². The van der Waals surface area contributed by atoms with E-state index in [0.29, 0.717) is 30.2 Å². The van der Waals surface area contributed by atoms with Crippen LogP contribution in [0.2, 0.25) is 0 Å². The van der Waals surface area contributed by atoms with Gasteiger partial charge in [-0.25, -0.2) is 8.42 Å². The number of carbonyl (C=O) groups is 2. The fraction of sp³-hybridized carbons (Fsp3) is 0.355. The van der Waals surface area contributed by atoms with Crippen molar-refractivity contribution in [3.05, 3.63) is 84.4 Å². The smallest absolute Gasteiger partial charge is 0.264 e. The minimum Gasteiger partial charge on any atom is -0.497 e. The summed E-state index contributed by atoms with van der Waals surface area (Å²) in [4.78, 5) is 28.9. The Hall–Kier alpha value is -4.05. The van der Waals surface area contributed by atoms with E-state index in [4.69, 9.17) is 9.47 Å². The molecule has 3 rings (SSSR count). The number of rotatable bonds is 14. The monoisotopic (exact) mass is 581 g/mol. The first-order valence-electron chi connectivity index (χ1n) is 13.5. The topological polar surface area (TPSA) is 105 Å². The molecule has 41 heavy (non-hydrogen) atoms. The molecule has 2 amide bonds. The van der Waals surface area contributed by atoms with Crippen molar-refractivity contribution in [2.45, 2.75) is 44.7 Å². The number of methoxy groups -OCH3 is 2. The second-order valence-electron chi connectivity index (χ2n) is 9.96. The number of hydrogen-bond acceptors (Lipinski definition) is 6. The highest BCUT2D eigenvalue weighted by Gasteiger charge is 2.33. The van der Waals surface area contributed by atoms with Crippen LogP contribution < -0.4 is 19.1 Å². The molecule has 3 aromatic carbocycles. The van der Waals surface area contributed by atoms with Gasteiger partial charge < -0.3 is 19.7 Å². The molecule has 0 saturated carbocycles. The highest BCUT2D eigenvalue weighted by molar-refractivity contribution is 7.92. The maximum atomic E-state index is 14.1. The Kier molecular flexibility index (Phi) is 11.2. The lowest BCUT2D eigenvalue weighted by Crippen LogP contribution is -2.52. The van der Waals surface area contributed by atoms with E-state index < -0.39 is 28.5 Å². The van der Waals surface area contributed by atoms with E-state index in [1.165, 1.54) is 24.1 Å². The van der Waals surface area contributed by atoms with Gasteiger partial charge in [0.15, 0.2) is 0 Å². The van der Waals surface area contributed by atoms with Crippen molar-refractivity contribution in [3.8, 4) is 11.5 Å². The van der Waals surface area contributed by atoms with Crippen LogP contribution in [0.15, 0.2) is 83.8 Å². The van der Waals surface area contributed by atoms with Crippen LogP contribution in [0.3, 0.4) is 0 Å². The molecular weight excluding hydrogens is 542 g/mol. The zero-order valence-electron chi connectivity index (χ0n) is 24.2. The van der Waals surface area contributed by atoms with Gasteiger partial charge in [0, 0.05) is 13.1 Å². The molecule has 0 spiro atoms. The van der Waals surface area contributed by atoms with E-state index in [9.17, 15) is 18.0 Å². The number of amides is 2. The third kappa shape index (κ3) is 8.23. The molecule has 0 aromatic heterocycles. The maximum absolute atomic E-state index is 14.1. The van der Waals surface area contributed by atoms with Crippen molar-refractivity contribution in [2.24, 2.45) is 5.92 Å². The van der Waals surface area contributed by atoms with Gasteiger partial charge in [-0.15, -0.1) is 0 Å². The number of sulfonamides is 1. The van der Waals surface area contributed by atoms with Gasteiger partial charge in [0.25, 0.3) is 10.0 Å². The van der Waals surface area contributed by atoms with Crippen LogP contribution in [0, 0.1) is 5.92 Å². The average Bonchev–Trinajstić information content (AvgIpc) is 2.99. The number of ether oxygens (including phenoxy) is 2. The third-order valence-corrected chi connectivity index (χ3v) is 8.32.